The molecule has 1 aromatic carbocycles. The van der Waals surface area contributed by atoms with Crippen molar-refractivity contribution in [2.45, 2.75) is 44.6 Å². The number of carbonyl (C=O) groups excluding carboxylic acids is 1. The van der Waals surface area contributed by atoms with E-state index in [0.717, 1.165) is 35.7 Å². The molecule has 0 bridgehead atoms. The third-order valence-corrected chi connectivity index (χ3v) is 5.20. The Labute approximate surface area is 159 Å². The van der Waals surface area contributed by atoms with E-state index in [9.17, 15) is 4.79 Å². The Bertz CT molecular complexity index is 755. The van der Waals surface area contributed by atoms with Gasteiger partial charge in [0.05, 0.1) is 12.1 Å². The molecule has 1 saturated heterocycles. The Balaban J connectivity index is 1.66. The van der Waals surface area contributed by atoms with Crippen LogP contribution in [0.5, 0.6) is 0 Å². The van der Waals surface area contributed by atoms with Crippen molar-refractivity contribution >= 4 is 17.5 Å². The number of ether oxygens (including phenoxy) is 1. The zero-order chi connectivity index (χ0) is 18.7. The first kappa shape index (κ1) is 18.9. The molecule has 140 valence electrons. The molecule has 0 radical (unpaired) electrons. The number of hydrogen-bond acceptors (Lipinski definition) is 4. The Morgan fingerprint density at radius 2 is 2.12 bits per heavy atom. The van der Waals surface area contributed by atoms with Gasteiger partial charge in [-0.2, -0.15) is 0 Å². The third kappa shape index (κ3) is 4.27. The van der Waals surface area contributed by atoms with Crippen molar-refractivity contribution in [1.29, 1.82) is 0 Å². The molecule has 1 atom stereocenters. The Hall–Kier alpha value is -1.85. The number of carbonyl (C=O) groups is 1. The van der Waals surface area contributed by atoms with Crippen molar-refractivity contribution in [3.8, 4) is 0 Å². The van der Waals surface area contributed by atoms with Gasteiger partial charge in [0.1, 0.15) is 11.4 Å². The minimum atomic E-state index is -0.807. The zero-order valence-corrected chi connectivity index (χ0v) is 16.3. The number of rotatable bonds is 5. The number of oxazole rings is 1. The molecule has 0 spiro atoms. The van der Waals surface area contributed by atoms with Crippen LogP contribution in [0.3, 0.4) is 0 Å². The first-order valence-corrected chi connectivity index (χ1v) is 9.30. The predicted molar refractivity (Wildman–Crippen MR) is 100 cm³/mol. The van der Waals surface area contributed by atoms with Crippen molar-refractivity contribution in [3.63, 3.8) is 0 Å². The fourth-order valence-electron chi connectivity index (χ4n) is 3.23. The second-order valence-electron chi connectivity index (χ2n) is 7.27. The summed E-state index contributed by atoms with van der Waals surface area (Å²) in [7, 11) is 1.57. The van der Waals surface area contributed by atoms with E-state index in [1.165, 1.54) is 0 Å². The van der Waals surface area contributed by atoms with Gasteiger partial charge in [-0.25, -0.2) is 4.98 Å². The Kier molecular flexibility index (Phi) is 5.68. The molecule has 5 nitrogen and oxygen atoms in total. The van der Waals surface area contributed by atoms with E-state index < -0.39 is 5.60 Å². The molecule has 1 amide bonds. The van der Waals surface area contributed by atoms with E-state index in [1.807, 2.05) is 29.2 Å². The normalized spacial score (nSPS) is 18.2. The van der Waals surface area contributed by atoms with E-state index in [-0.39, 0.29) is 11.8 Å². The predicted octanol–water partition coefficient (Wildman–Crippen LogP) is 4.05. The molecule has 1 unspecified atom stereocenters. The summed E-state index contributed by atoms with van der Waals surface area (Å²) in [5.41, 5.74) is 0.317. The molecule has 2 heterocycles. The number of nitrogens with zero attached hydrogens (tertiary/aromatic N) is 2. The molecule has 0 saturated carbocycles. The number of benzene rings is 1. The molecule has 3 rings (SSSR count). The number of aromatic nitrogens is 1. The monoisotopic (exact) mass is 376 g/mol. The molecular weight excluding hydrogens is 352 g/mol. The molecule has 0 N–H and O–H groups in total. The fraction of sp³-hybridized carbons (Fsp3) is 0.500. The van der Waals surface area contributed by atoms with Crippen LogP contribution in [0.15, 0.2) is 34.9 Å². The van der Waals surface area contributed by atoms with E-state index in [0.29, 0.717) is 18.9 Å². The van der Waals surface area contributed by atoms with Crippen molar-refractivity contribution in [2.24, 2.45) is 0 Å². The molecule has 1 aliphatic heterocycles. The van der Waals surface area contributed by atoms with Gasteiger partial charge in [0.25, 0.3) is 5.91 Å². The number of halogens is 1. The summed E-state index contributed by atoms with van der Waals surface area (Å²) >= 11 is 5.93. The topological polar surface area (TPSA) is 55.6 Å². The maximum Gasteiger partial charge on any atom is 0.254 e. The first-order chi connectivity index (χ1) is 12.4. The van der Waals surface area contributed by atoms with Crippen LogP contribution in [-0.2, 0) is 16.0 Å². The van der Waals surface area contributed by atoms with Gasteiger partial charge in [-0.05, 0) is 44.4 Å². The van der Waals surface area contributed by atoms with Crippen molar-refractivity contribution in [2.75, 3.05) is 20.2 Å². The van der Waals surface area contributed by atoms with Gasteiger partial charge < -0.3 is 14.1 Å². The summed E-state index contributed by atoms with van der Waals surface area (Å²) in [5, 5.41) is 0.720. The van der Waals surface area contributed by atoms with Gasteiger partial charge in [0.15, 0.2) is 5.89 Å². The van der Waals surface area contributed by atoms with Gasteiger partial charge >= 0.3 is 0 Å². The average Bonchev–Trinajstić information content (AvgIpc) is 3.11. The largest absolute Gasteiger partial charge is 0.445 e. The van der Waals surface area contributed by atoms with Crippen molar-refractivity contribution in [1.82, 2.24) is 9.88 Å². The molecule has 26 heavy (non-hydrogen) atoms. The Morgan fingerprint density at radius 1 is 1.38 bits per heavy atom. The van der Waals surface area contributed by atoms with Crippen LogP contribution < -0.4 is 0 Å². The third-order valence-electron chi connectivity index (χ3n) is 4.95. The second-order valence-corrected chi connectivity index (χ2v) is 7.71. The SMILES string of the molecule is COC(C)(C)C(=O)N1CCCC(c2ncc(Cc3ccc(Cl)cc3)o2)C1. The molecule has 1 aromatic heterocycles. The van der Waals surface area contributed by atoms with Crippen LogP contribution in [0.2, 0.25) is 5.02 Å². The maximum absolute atomic E-state index is 12.6. The van der Waals surface area contributed by atoms with Crippen LogP contribution in [0.25, 0.3) is 0 Å². The number of amides is 1. The van der Waals surface area contributed by atoms with E-state index in [1.54, 1.807) is 27.2 Å². The van der Waals surface area contributed by atoms with E-state index >= 15 is 0 Å². The van der Waals surface area contributed by atoms with Gasteiger partial charge in [-0.1, -0.05) is 23.7 Å². The maximum atomic E-state index is 12.6. The second kappa shape index (κ2) is 7.80. The van der Waals surface area contributed by atoms with Crippen LogP contribution >= 0.6 is 11.6 Å². The lowest BCUT2D eigenvalue weighted by Crippen LogP contribution is -2.49. The lowest BCUT2D eigenvalue weighted by molar-refractivity contribution is -0.152. The molecule has 1 fully saturated rings. The molecule has 2 aromatic rings. The summed E-state index contributed by atoms with van der Waals surface area (Å²) in [6, 6.07) is 7.71. The van der Waals surface area contributed by atoms with Crippen LogP contribution in [-0.4, -0.2) is 41.6 Å². The van der Waals surface area contributed by atoms with Crippen molar-refractivity contribution < 1.29 is 13.9 Å². The summed E-state index contributed by atoms with van der Waals surface area (Å²) in [4.78, 5) is 19.0. The van der Waals surface area contributed by atoms with Crippen LogP contribution in [0.1, 0.15) is 49.8 Å². The van der Waals surface area contributed by atoms with Crippen molar-refractivity contribution in [3.05, 3.63) is 52.7 Å². The van der Waals surface area contributed by atoms with Crippen LogP contribution in [0.4, 0.5) is 0 Å². The highest BCUT2D eigenvalue weighted by atomic mass is 35.5. The van der Waals surface area contributed by atoms with E-state index in [2.05, 4.69) is 4.98 Å². The minimum Gasteiger partial charge on any atom is -0.445 e. The molecule has 6 heteroatoms. The highest BCUT2D eigenvalue weighted by Gasteiger charge is 2.35. The lowest BCUT2D eigenvalue weighted by atomic mass is 9.96. The number of hydrogen-bond donors (Lipinski definition) is 0. The number of piperidine rings is 1. The lowest BCUT2D eigenvalue weighted by Gasteiger charge is -2.36. The highest BCUT2D eigenvalue weighted by Crippen LogP contribution is 2.29. The summed E-state index contributed by atoms with van der Waals surface area (Å²) in [6.07, 6.45) is 4.36. The summed E-state index contributed by atoms with van der Waals surface area (Å²) < 4.78 is 11.3. The summed E-state index contributed by atoms with van der Waals surface area (Å²) in [5.74, 6) is 1.67. The van der Waals surface area contributed by atoms with Gasteiger partial charge in [-0.3, -0.25) is 4.79 Å². The quantitative estimate of drug-likeness (QED) is 0.789. The minimum absolute atomic E-state index is 0.0117. The standard InChI is InChI=1S/C20H25ClN2O3/c1-20(2,25-3)19(24)23-10-4-5-15(13-23)18-22-12-17(26-18)11-14-6-8-16(21)9-7-14/h6-9,12,15H,4-5,10-11,13H2,1-3H3. The molecule has 0 aliphatic carbocycles. The van der Waals surface area contributed by atoms with Gasteiger partial charge in [-0.15, -0.1) is 0 Å². The molecular formula is C20H25ClN2O3. The first-order valence-electron chi connectivity index (χ1n) is 8.92. The zero-order valence-electron chi connectivity index (χ0n) is 15.5. The summed E-state index contributed by atoms with van der Waals surface area (Å²) in [6.45, 7) is 4.97. The fourth-order valence-corrected chi connectivity index (χ4v) is 3.35. The Morgan fingerprint density at radius 3 is 2.81 bits per heavy atom. The average molecular weight is 377 g/mol. The van der Waals surface area contributed by atoms with Gasteiger partial charge in [0.2, 0.25) is 0 Å². The number of methoxy groups -OCH3 is 1. The smallest absolute Gasteiger partial charge is 0.254 e. The van der Waals surface area contributed by atoms with Gasteiger partial charge in [0, 0.05) is 31.6 Å². The molecule has 1 aliphatic rings. The number of likely N-dealkylation sites (tertiary alicyclic amines) is 1. The van der Waals surface area contributed by atoms with E-state index in [4.69, 9.17) is 20.8 Å². The van der Waals surface area contributed by atoms with Crippen LogP contribution in [0, 0.1) is 0 Å². The highest BCUT2D eigenvalue weighted by molar-refractivity contribution is 6.30.